The number of carbonyl (C=O) groups is 1. The van der Waals surface area contributed by atoms with Crippen LogP contribution >= 0.6 is 11.8 Å². The molecule has 0 atom stereocenters. The molecule has 0 aliphatic carbocycles. The second kappa shape index (κ2) is 13.8. The van der Waals surface area contributed by atoms with E-state index >= 15 is 0 Å². The number of amides is 1. The lowest BCUT2D eigenvalue weighted by molar-refractivity contribution is 0.0756. The van der Waals surface area contributed by atoms with Gasteiger partial charge in [0.05, 0.1) is 21.3 Å². The van der Waals surface area contributed by atoms with E-state index in [9.17, 15) is 4.79 Å². The first-order valence-corrected chi connectivity index (χ1v) is 12.3. The molecule has 7 heteroatoms. The molecule has 0 saturated carbocycles. The molecule has 2 aromatic rings. The zero-order valence-electron chi connectivity index (χ0n) is 20.6. The quantitative estimate of drug-likeness (QED) is 0.426. The Balaban J connectivity index is 2.31. The summed E-state index contributed by atoms with van der Waals surface area (Å²) in [5, 5.41) is 0. The van der Waals surface area contributed by atoms with E-state index in [2.05, 4.69) is 43.3 Å². The van der Waals surface area contributed by atoms with Gasteiger partial charge in [-0.1, -0.05) is 42.0 Å². The Morgan fingerprint density at radius 2 is 1.61 bits per heavy atom. The highest BCUT2D eigenvalue weighted by atomic mass is 32.2. The van der Waals surface area contributed by atoms with Crippen LogP contribution in [-0.2, 0) is 0 Å². The number of benzene rings is 2. The average molecular weight is 473 g/mol. The van der Waals surface area contributed by atoms with Crippen molar-refractivity contribution in [1.29, 1.82) is 0 Å². The summed E-state index contributed by atoms with van der Waals surface area (Å²) in [6.07, 6.45) is 4.22. The number of hydrogen-bond donors (Lipinski definition) is 0. The molecule has 0 fully saturated rings. The Hall–Kier alpha value is -2.64. The molecular formula is C26H36N2O4S. The standard InChI is InChI=1S/C26H36N2O4S/c1-20(16-21-10-8-7-9-11-21)19-28(13-12-27(2)14-15-33-6)26(29)22-17-23(30-3)25(32-5)24(18-22)31-4/h7-11,16-18H,12-15,19H2,1-6H3/b20-16+. The summed E-state index contributed by atoms with van der Waals surface area (Å²) in [6.45, 7) is 4.96. The fourth-order valence-electron chi connectivity index (χ4n) is 3.47. The Morgan fingerprint density at radius 3 is 2.15 bits per heavy atom. The van der Waals surface area contributed by atoms with Crippen molar-refractivity contribution in [1.82, 2.24) is 9.80 Å². The molecule has 6 nitrogen and oxygen atoms in total. The van der Waals surface area contributed by atoms with E-state index in [1.165, 1.54) is 0 Å². The molecule has 0 radical (unpaired) electrons. The summed E-state index contributed by atoms with van der Waals surface area (Å²) in [7, 11) is 6.74. The highest BCUT2D eigenvalue weighted by molar-refractivity contribution is 7.98. The number of rotatable bonds is 13. The second-order valence-corrected chi connectivity index (χ2v) is 8.82. The highest BCUT2D eigenvalue weighted by Gasteiger charge is 2.22. The molecule has 0 bridgehead atoms. The van der Waals surface area contributed by atoms with Crippen molar-refractivity contribution in [2.75, 3.05) is 66.6 Å². The van der Waals surface area contributed by atoms with Crippen LogP contribution < -0.4 is 14.2 Å². The summed E-state index contributed by atoms with van der Waals surface area (Å²) in [5.41, 5.74) is 2.73. The number of methoxy groups -OCH3 is 3. The molecule has 2 aromatic carbocycles. The van der Waals surface area contributed by atoms with Gasteiger partial charge >= 0.3 is 0 Å². The van der Waals surface area contributed by atoms with Crippen LogP contribution in [0.25, 0.3) is 6.08 Å². The van der Waals surface area contributed by atoms with Gasteiger partial charge in [-0.25, -0.2) is 0 Å². The van der Waals surface area contributed by atoms with Crippen LogP contribution in [0.5, 0.6) is 17.2 Å². The van der Waals surface area contributed by atoms with Gasteiger partial charge in [-0.3, -0.25) is 4.79 Å². The van der Waals surface area contributed by atoms with E-state index in [1.807, 2.05) is 34.9 Å². The molecule has 33 heavy (non-hydrogen) atoms. The van der Waals surface area contributed by atoms with E-state index in [0.29, 0.717) is 35.9 Å². The molecule has 0 heterocycles. The third kappa shape index (κ3) is 8.02. The van der Waals surface area contributed by atoms with Crippen LogP contribution in [0.3, 0.4) is 0 Å². The van der Waals surface area contributed by atoms with Gasteiger partial charge in [0.2, 0.25) is 5.75 Å². The number of ether oxygens (including phenoxy) is 3. The van der Waals surface area contributed by atoms with Gasteiger partial charge in [0, 0.05) is 37.5 Å². The lowest BCUT2D eigenvalue weighted by Crippen LogP contribution is -2.39. The lowest BCUT2D eigenvalue weighted by atomic mass is 10.1. The van der Waals surface area contributed by atoms with Crippen LogP contribution in [0.2, 0.25) is 0 Å². The largest absolute Gasteiger partial charge is 0.493 e. The SMILES string of the molecule is COc1cc(C(=O)N(CCN(C)CCSC)C/C(C)=C/c2ccccc2)cc(OC)c1OC. The Labute approximate surface area is 202 Å². The summed E-state index contributed by atoms with van der Waals surface area (Å²) in [5.74, 6) is 2.39. The average Bonchev–Trinajstić information content (AvgIpc) is 2.84. The third-order valence-electron chi connectivity index (χ3n) is 5.28. The molecule has 180 valence electrons. The summed E-state index contributed by atoms with van der Waals surface area (Å²) < 4.78 is 16.3. The maximum Gasteiger partial charge on any atom is 0.254 e. The fourth-order valence-corrected chi connectivity index (χ4v) is 3.96. The minimum Gasteiger partial charge on any atom is -0.493 e. The van der Waals surface area contributed by atoms with Gasteiger partial charge < -0.3 is 24.0 Å². The first-order chi connectivity index (χ1) is 15.9. The van der Waals surface area contributed by atoms with Crippen LogP contribution in [-0.4, -0.2) is 82.3 Å². The third-order valence-corrected chi connectivity index (χ3v) is 5.87. The molecular weight excluding hydrogens is 436 g/mol. The first-order valence-electron chi connectivity index (χ1n) is 10.9. The molecule has 0 aromatic heterocycles. The van der Waals surface area contributed by atoms with Gasteiger partial charge in [-0.15, -0.1) is 0 Å². The number of nitrogens with zero attached hydrogens (tertiary/aromatic N) is 2. The molecule has 0 aliphatic heterocycles. The van der Waals surface area contributed by atoms with Crippen LogP contribution in [0.1, 0.15) is 22.8 Å². The minimum atomic E-state index is -0.0756. The Morgan fingerprint density at radius 1 is 0.970 bits per heavy atom. The van der Waals surface area contributed by atoms with Crippen molar-refractivity contribution < 1.29 is 19.0 Å². The van der Waals surface area contributed by atoms with Crippen molar-refractivity contribution in [2.45, 2.75) is 6.92 Å². The monoisotopic (exact) mass is 472 g/mol. The molecule has 0 unspecified atom stereocenters. The predicted molar refractivity (Wildman–Crippen MR) is 138 cm³/mol. The Bertz CT molecular complexity index is 893. The van der Waals surface area contributed by atoms with E-state index in [1.54, 1.807) is 33.5 Å². The fraction of sp³-hybridized carbons (Fsp3) is 0.423. The molecule has 1 amide bonds. The normalized spacial score (nSPS) is 11.4. The Kier molecular flexibility index (Phi) is 11.1. The first kappa shape index (κ1) is 26.6. The van der Waals surface area contributed by atoms with Crippen molar-refractivity contribution >= 4 is 23.7 Å². The van der Waals surface area contributed by atoms with Gasteiger partial charge in [0.25, 0.3) is 5.91 Å². The van der Waals surface area contributed by atoms with E-state index < -0.39 is 0 Å². The number of carbonyl (C=O) groups excluding carboxylic acids is 1. The van der Waals surface area contributed by atoms with E-state index in [0.717, 1.165) is 30.0 Å². The summed E-state index contributed by atoms with van der Waals surface area (Å²) >= 11 is 1.82. The van der Waals surface area contributed by atoms with Crippen LogP contribution in [0, 0.1) is 0 Å². The van der Waals surface area contributed by atoms with Gasteiger partial charge in [0.15, 0.2) is 11.5 Å². The zero-order valence-corrected chi connectivity index (χ0v) is 21.4. The summed E-state index contributed by atoms with van der Waals surface area (Å²) in [4.78, 5) is 17.8. The minimum absolute atomic E-state index is 0.0756. The predicted octanol–water partition coefficient (Wildman–Crippen LogP) is 4.55. The zero-order chi connectivity index (χ0) is 24.2. The van der Waals surface area contributed by atoms with Crippen molar-refractivity contribution in [2.24, 2.45) is 0 Å². The van der Waals surface area contributed by atoms with Crippen LogP contribution in [0.4, 0.5) is 0 Å². The maximum absolute atomic E-state index is 13.6. The number of hydrogen-bond acceptors (Lipinski definition) is 6. The summed E-state index contributed by atoms with van der Waals surface area (Å²) in [6, 6.07) is 13.6. The molecule has 0 saturated heterocycles. The van der Waals surface area contributed by atoms with Crippen molar-refractivity contribution in [3.8, 4) is 17.2 Å². The smallest absolute Gasteiger partial charge is 0.254 e. The van der Waals surface area contributed by atoms with E-state index in [4.69, 9.17) is 14.2 Å². The van der Waals surface area contributed by atoms with Gasteiger partial charge in [-0.2, -0.15) is 11.8 Å². The number of thioether (sulfide) groups is 1. The molecule has 0 spiro atoms. The van der Waals surface area contributed by atoms with E-state index in [-0.39, 0.29) is 5.91 Å². The van der Waals surface area contributed by atoms with Gasteiger partial charge in [-0.05, 0) is 37.9 Å². The van der Waals surface area contributed by atoms with Crippen molar-refractivity contribution in [3.63, 3.8) is 0 Å². The lowest BCUT2D eigenvalue weighted by Gasteiger charge is -2.27. The maximum atomic E-state index is 13.6. The van der Waals surface area contributed by atoms with Crippen LogP contribution in [0.15, 0.2) is 48.0 Å². The van der Waals surface area contributed by atoms with Crippen molar-refractivity contribution in [3.05, 3.63) is 59.2 Å². The molecule has 0 aliphatic rings. The second-order valence-electron chi connectivity index (χ2n) is 7.84. The molecule has 0 N–H and O–H groups in total. The topological polar surface area (TPSA) is 51.2 Å². The highest BCUT2D eigenvalue weighted by Crippen LogP contribution is 2.38. The van der Waals surface area contributed by atoms with Gasteiger partial charge in [0.1, 0.15) is 0 Å². The molecule has 2 rings (SSSR count). The number of likely N-dealkylation sites (N-methyl/N-ethyl adjacent to an activating group) is 1.